The van der Waals surface area contributed by atoms with Crippen LogP contribution < -0.4 is 15.2 Å². The number of benzene rings is 1. The van der Waals surface area contributed by atoms with Crippen LogP contribution in [0.3, 0.4) is 0 Å². The molecule has 0 bridgehead atoms. The van der Waals surface area contributed by atoms with Crippen molar-refractivity contribution in [2.45, 2.75) is 65.5 Å². The van der Waals surface area contributed by atoms with Gasteiger partial charge in [0.2, 0.25) is 5.88 Å². The van der Waals surface area contributed by atoms with Crippen molar-refractivity contribution in [2.24, 2.45) is 5.73 Å². The van der Waals surface area contributed by atoms with E-state index in [-0.39, 0.29) is 29.6 Å². The molecule has 3 rings (SSSR count). The molecule has 33 heavy (non-hydrogen) atoms. The van der Waals surface area contributed by atoms with Gasteiger partial charge < -0.3 is 15.2 Å². The predicted molar refractivity (Wildman–Crippen MR) is 123 cm³/mol. The molecule has 1 unspecified atom stereocenters. The van der Waals surface area contributed by atoms with Gasteiger partial charge in [0.25, 0.3) is 0 Å². The summed E-state index contributed by atoms with van der Waals surface area (Å²) in [6.07, 6.45) is 2.66. The number of aromatic nitrogens is 2. The lowest BCUT2D eigenvalue weighted by Gasteiger charge is -2.23. The van der Waals surface area contributed by atoms with E-state index in [0.717, 1.165) is 24.5 Å². The van der Waals surface area contributed by atoms with Crippen molar-refractivity contribution in [3.8, 4) is 11.6 Å². The van der Waals surface area contributed by atoms with E-state index in [1.165, 1.54) is 17.7 Å². The Kier molecular flexibility index (Phi) is 7.37. The van der Waals surface area contributed by atoms with Gasteiger partial charge in [0.05, 0.1) is 29.4 Å². The second kappa shape index (κ2) is 9.87. The van der Waals surface area contributed by atoms with Crippen molar-refractivity contribution in [3.63, 3.8) is 0 Å². The number of nitrogens with zero attached hydrogens (tertiary/aromatic N) is 2. The number of Topliss-reactive ketones (excluding diaryl/α,β-unsaturated/α-hetero) is 1. The molecule has 0 radical (unpaired) electrons. The molecule has 0 saturated carbocycles. The van der Waals surface area contributed by atoms with E-state index < -0.39 is 17.2 Å². The standard InChI is InChI=1S/C25H31F2N3O3/c1-6-10-25(4,28)11-9-20(31)23-16(3)29-30-19(23)12-15(2)13-22(30)33-14-17-18(26)7-8-21(32-5)24(17)27/h7-8,12-13H,6,9-11,14,28H2,1-5H3. The van der Waals surface area contributed by atoms with Crippen molar-refractivity contribution >= 4 is 11.3 Å². The van der Waals surface area contributed by atoms with Crippen molar-refractivity contribution in [3.05, 3.63) is 58.3 Å². The normalized spacial score (nSPS) is 13.2. The first kappa shape index (κ1) is 24.6. The SMILES string of the molecule is CCCC(C)(N)CCC(=O)c1c(C)nn2c(OCc3c(F)ccc(OC)c3F)cc(C)cc12. The summed E-state index contributed by atoms with van der Waals surface area (Å²) in [4.78, 5) is 13.1. The number of pyridine rings is 1. The summed E-state index contributed by atoms with van der Waals surface area (Å²) in [6.45, 7) is 7.27. The summed E-state index contributed by atoms with van der Waals surface area (Å²) in [7, 11) is 1.31. The maximum Gasteiger partial charge on any atom is 0.215 e. The largest absolute Gasteiger partial charge is 0.494 e. The summed E-state index contributed by atoms with van der Waals surface area (Å²) in [5, 5.41) is 4.47. The molecule has 0 fully saturated rings. The number of fused-ring (bicyclic) bond motifs is 1. The van der Waals surface area contributed by atoms with Crippen LogP contribution in [0.25, 0.3) is 5.52 Å². The number of aryl methyl sites for hydroxylation is 2. The zero-order valence-electron chi connectivity index (χ0n) is 19.8. The fraction of sp³-hybridized carbons (Fsp3) is 0.440. The van der Waals surface area contributed by atoms with Crippen LogP contribution in [-0.4, -0.2) is 28.0 Å². The molecule has 0 spiro atoms. The Morgan fingerprint density at radius 3 is 2.61 bits per heavy atom. The van der Waals surface area contributed by atoms with E-state index in [1.54, 1.807) is 13.0 Å². The molecule has 1 atom stereocenters. The topological polar surface area (TPSA) is 78.9 Å². The molecule has 8 heteroatoms. The Balaban J connectivity index is 1.91. The highest BCUT2D eigenvalue weighted by molar-refractivity contribution is 6.03. The van der Waals surface area contributed by atoms with Gasteiger partial charge in [-0.2, -0.15) is 5.10 Å². The monoisotopic (exact) mass is 459 g/mol. The van der Waals surface area contributed by atoms with Gasteiger partial charge in [-0.25, -0.2) is 13.3 Å². The van der Waals surface area contributed by atoms with Crippen molar-refractivity contribution in [2.75, 3.05) is 7.11 Å². The van der Waals surface area contributed by atoms with E-state index in [4.69, 9.17) is 15.2 Å². The van der Waals surface area contributed by atoms with Crippen LogP contribution >= 0.6 is 0 Å². The maximum absolute atomic E-state index is 14.5. The van der Waals surface area contributed by atoms with Crippen molar-refractivity contribution in [1.82, 2.24) is 9.61 Å². The van der Waals surface area contributed by atoms with Crippen molar-refractivity contribution in [1.29, 1.82) is 0 Å². The minimum absolute atomic E-state index is 0.0447. The number of carbonyl (C=O) groups excluding carboxylic acids is 1. The number of hydrogen-bond donors (Lipinski definition) is 1. The highest BCUT2D eigenvalue weighted by Crippen LogP contribution is 2.28. The first-order valence-corrected chi connectivity index (χ1v) is 11.0. The molecule has 0 aliphatic heterocycles. The molecule has 1 aromatic carbocycles. The third kappa shape index (κ3) is 5.33. The number of ether oxygens (including phenoxy) is 2. The summed E-state index contributed by atoms with van der Waals surface area (Å²) < 4.78 is 40.9. The number of nitrogens with two attached hydrogens (primary N) is 1. The van der Waals surface area contributed by atoms with Crippen LogP contribution in [0.1, 0.15) is 66.7 Å². The highest BCUT2D eigenvalue weighted by Gasteiger charge is 2.24. The molecule has 178 valence electrons. The number of methoxy groups -OCH3 is 1. The van der Waals surface area contributed by atoms with Gasteiger partial charge in [0.15, 0.2) is 17.3 Å². The van der Waals surface area contributed by atoms with Gasteiger partial charge in [-0.3, -0.25) is 4.79 Å². The lowest BCUT2D eigenvalue weighted by atomic mass is 9.89. The van der Waals surface area contributed by atoms with E-state index >= 15 is 0 Å². The Morgan fingerprint density at radius 1 is 1.21 bits per heavy atom. The van der Waals surface area contributed by atoms with E-state index in [0.29, 0.717) is 29.6 Å². The molecule has 0 aliphatic carbocycles. The summed E-state index contributed by atoms with van der Waals surface area (Å²) in [6, 6.07) is 5.91. The van der Waals surface area contributed by atoms with Crippen LogP contribution in [0, 0.1) is 25.5 Å². The van der Waals surface area contributed by atoms with E-state index in [1.807, 2.05) is 19.9 Å². The van der Waals surface area contributed by atoms with Gasteiger partial charge in [-0.1, -0.05) is 13.3 Å². The number of ketones is 1. The first-order chi connectivity index (χ1) is 15.6. The molecule has 0 amide bonds. The average molecular weight is 460 g/mol. The summed E-state index contributed by atoms with van der Waals surface area (Å²) in [5.41, 5.74) is 8.14. The Morgan fingerprint density at radius 2 is 1.94 bits per heavy atom. The molecule has 2 heterocycles. The van der Waals surface area contributed by atoms with Gasteiger partial charge in [0, 0.05) is 18.0 Å². The summed E-state index contributed by atoms with van der Waals surface area (Å²) >= 11 is 0. The molecule has 6 nitrogen and oxygen atoms in total. The summed E-state index contributed by atoms with van der Waals surface area (Å²) in [5.74, 6) is -1.38. The third-order valence-electron chi connectivity index (χ3n) is 5.78. The second-order valence-electron chi connectivity index (χ2n) is 8.79. The molecular formula is C25H31F2N3O3. The molecule has 0 aliphatic rings. The third-order valence-corrected chi connectivity index (χ3v) is 5.78. The minimum Gasteiger partial charge on any atom is -0.494 e. The van der Waals surface area contributed by atoms with E-state index in [9.17, 15) is 13.6 Å². The average Bonchev–Trinajstić information content (AvgIpc) is 3.07. The predicted octanol–water partition coefficient (Wildman–Crippen LogP) is 5.30. The quantitative estimate of drug-likeness (QED) is 0.417. The lowest BCUT2D eigenvalue weighted by Crippen LogP contribution is -2.36. The zero-order valence-corrected chi connectivity index (χ0v) is 19.8. The second-order valence-corrected chi connectivity index (χ2v) is 8.79. The Hall–Kier alpha value is -3.00. The van der Waals surface area contributed by atoms with Crippen LogP contribution in [0.5, 0.6) is 11.6 Å². The fourth-order valence-electron chi connectivity index (χ4n) is 4.04. The van der Waals surface area contributed by atoms with Crippen LogP contribution in [-0.2, 0) is 6.61 Å². The Labute approximate surface area is 192 Å². The smallest absolute Gasteiger partial charge is 0.215 e. The number of carbonyl (C=O) groups is 1. The highest BCUT2D eigenvalue weighted by atomic mass is 19.1. The number of hydrogen-bond acceptors (Lipinski definition) is 5. The van der Waals surface area contributed by atoms with Gasteiger partial charge in [0.1, 0.15) is 12.4 Å². The van der Waals surface area contributed by atoms with Gasteiger partial charge >= 0.3 is 0 Å². The molecule has 2 aromatic heterocycles. The fourth-order valence-corrected chi connectivity index (χ4v) is 4.04. The minimum atomic E-state index is -0.814. The van der Waals surface area contributed by atoms with Crippen LogP contribution in [0.2, 0.25) is 0 Å². The molecule has 3 aromatic rings. The molecular weight excluding hydrogens is 428 g/mol. The molecule has 2 N–H and O–H groups in total. The van der Waals surface area contributed by atoms with Gasteiger partial charge in [-0.15, -0.1) is 0 Å². The number of halogens is 2. The lowest BCUT2D eigenvalue weighted by molar-refractivity contribution is 0.0971. The molecule has 0 saturated heterocycles. The van der Waals surface area contributed by atoms with Crippen LogP contribution in [0.4, 0.5) is 8.78 Å². The van der Waals surface area contributed by atoms with Gasteiger partial charge in [-0.05, 0) is 57.4 Å². The first-order valence-electron chi connectivity index (χ1n) is 11.0. The van der Waals surface area contributed by atoms with E-state index in [2.05, 4.69) is 12.0 Å². The zero-order chi connectivity index (χ0) is 24.3. The van der Waals surface area contributed by atoms with Crippen LogP contribution in [0.15, 0.2) is 24.3 Å². The maximum atomic E-state index is 14.5. The van der Waals surface area contributed by atoms with Crippen molar-refractivity contribution < 1.29 is 23.0 Å². The Bertz CT molecular complexity index is 1170. The number of rotatable bonds is 10.